The Morgan fingerprint density at radius 3 is 2.17 bits per heavy atom. The largest absolute Gasteiger partial charge is 0.375 e. The molecule has 4 fully saturated rings. The number of hydrogen-bond donors (Lipinski definition) is 2. The van der Waals surface area contributed by atoms with Gasteiger partial charge in [0.2, 0.25) is 11.8 Å². The number of benzene rings is 2. The Hall–Kier alpha value is -4.20. The third-order valence-electron chi connectivity index (χ3n) is 12.1. The van der Waals surface area contributed by atoms with Crippen LogP contribution in [-0.4, -0.2) is 132 Å². The Morgan fingerprint density at radius 1 is 0.833 bits per heavy atom. The molecule has 54 heavy (non-hydrogen) atoms. The van der Waals surface area contributed by atoms with Crippen molar-refractivity contribution >= 4 is 28.5 Å². The Morgan fingerprint density at radius 2 is 1.48 bits per heavy atom. The first-order valence-corrected chi connectivity index (χ1v) is 19.9. The third kappa shape index (κ3) is 8.84. The monoisotopic (exact) mass is 743 g/mol. The molecule has 1 atom stereocenters. The second-order valence-corrected chi connectivity index (χ2v) is 15.5. The molecule has 1 unspecified atom stereocenters. The average Bonchev–Trinajstić information content (AvgIpc) is 3.21. The summed E-state index contributed by atoms with van der Waals surface area (Å²) >= 11 is 0. The number of rotatable bonds is 10. The Labute approximate surface area is 316 Å². The van der Waals surface area contributed by atoms with Gasteiger partial charge in [-0.25, -0.2) is 9.49 Å². The predicted octanol–water partition coefficient (Wildman–Crippen LogP) is 3.58. The highest BCUT2D eigenvalue weighted by atomic mass is 19.1. The van der Waals surface area contributed by atoms with Crippen LogP contribution >= 0.6 is 0 Å². The molecule has 3 aromatic rings. The number of carbonyl (C=O) groups excluding carboxylic acids is 3. The molecule has 4 heterocycles. The summed E-state index contributed by atoms with van der Waals surface area (Å²) in [5, 5.41) is 11.3. The molecular weight excluding hydrogens is 689 g/mol. The van der Waals surface area contributed by atoms with E-state index < -0.39 is 11.7 Å². The van der Waals surface area contributed by atoms with E-state index in [1.165, 1.54) is 25.3 Å². The lowest BCUT2D eigenvalue weighted by atomic mass is 9.83. The van der Waals surface area contributed by atoms with E-state index in [2.05, 4.69) is 20.4 Å². The van der Waals surface area contributed by atoms with E-state index >= 15 is 0 Å². The van der Waals surface area contributed by atoms with Crippen molar-refractivity contribution in [3.63, 3.8) is 0 Å². The van der Waals surface area contributed by atoms with E-state index in [1.807, 2.05) is 24.1 Å². The molecule has 0 spiro atoms. The SMILES string of the molecule is CNC(C(=O)N1CCC(OC2CCN(CC(=O)N3CCN(C(=O)c4cc(Cc5n[nH]c(=O)c6ccccc56)ccc4F)CC3)CC2)CC1)C1CCCCC1. The molecule has 1 aliphatic carbocycles. The molecule has 4 aliphatic rings. The topological polar surface area (TPSA) is 131 Å². The van der Waals surface area contributed by atoms with Gasteiger partial charge in [0.15, 0.2) is 0 Å². The fraction of sp³-hybridized carbons (Fsp3) is 0.585. The number of piperidine rings is 2. The Balaban J connectivity index is 0.829. The molecule has 2 aromatic carbocycles. The quantitative estimate of drug-likeness (QED) is 0.323. The van der Waals surface area contributed by atoms with Crippen molar-refractivity contribution in [3.05, 3.63) is 75.5 Å². The van der Waals surface area contributed by atoms with Gasteiger partial charge >= 0.3 is 0 Å². The summed E-state index contributed by atoms with van der Waals surface area (Å²) in [6, 6.07) is 11.6. The molecule has 12 nitrogen and oxygen atoms in total. The molecule has 290 valence electrons. The van der Waals surface area contributed by atoms with E-state index in [-0.39, 0.29) is 41.2 Å². The number of hydrogen-bond acceptors (Lipinski definition) is 8. The summed E-state index contributed by atoms with van der Waals surface area (Å²) in [6.45, 7) is 4.86. The van der Waals surface area contributed by atoms with Crippen LogP contribution in [0.25, 0.3) is 10.8 Å². The van der Waals surface area contributed by atoms with Crippen molar-refractivity contribution in [2.24, 2.45) is 5.92 Å². The molecule has 13 heteroatoms. The summed E-state index contributed by atoms with van der Waals surface area (Å²) in [4.78, 5) is 59.9. The minimum Gasteiger partial charge on any atom is -0.375 e. The molecule has 1 aromatic heterocycles. The van der Waals surface area contributed by atoms with Gasteiger partial charge in [-0.3, -0.25) is 24.1 Å². The molecule has 0 radical (unpaired) electrons. The van der Waals surface area contributed by atoms with Crippen LogP contribution in [-0.2, 0) is 20.7 Å². The second kappa shape index (κ2) is 17.5. The van der Waals surface area contributed by atoms with Gasteiger partial charge in [0.1, 0.15) is 5.82 Å². The van der Waals surface area contributed by atoms with Crippen molar-refractivity contribution < 1.29 is 23.5 Å². The first-order chi connectivity index (χ1) is 26.3. The number of carbonyl (C=O) groups is 3. The average molecular weight is 744 g/mol. The highest BCUT2D eigenvalue weighted by molar-refractivity contribution is 5.95. The smallest absolute Gasteiger partial charge is 0.272 e. The lowest BCUT2D eigenvalue weighted by molar-refractivity contribution is -0.140. The van der Waals surface area contributed by atoms with Gasteiger partial charge in [-0.15, -0.1) is 0 Å². The van der Waals surface area contributed by atoms with E-state index in [0.717, 1.165) is 64.7 Å². The summed E-state index contributed by atoms with van der Waals surface area (Å²) in [6.07, 6.45) is 10.1. The van der Waals surface area contributed by atoms with Crippen LogP contribution in [0.3, 0.4) is 0 Å². The number of ether oxygens (including phenoxy) is 1. The summed E-state index contributed by atoms with van der Waals surface area (Å²) in [5.74, 6) is -0.261. The fourth-order valence-electron chi connectivity index (χ4n) is 8.88. The maximum absolute atomic E-state index is 15.0. The molecular formula is C41H54FN7O5. The number of likely N-dealkylation sites (tertiary alicyclic amines) is 2. The number of nitrogens with zero attached hydrogens (tertiary/aromatic N) is 5. The summed E-state index contributed by atoms with van der Waals surface area (Å²) in [5.41, 5.74) is 1.05. The van der Waals surface area contributed by atoms with Crippen molar-refractivity contribution in [3.8, 4) is 0 Å². The first-order valence-electron chi connectivity index (χ1n) is 19.9. The number of fused-ring (bicyclic) bond motifs is 1. The summed E-state index contributed by atoms with van der Waals surface area (Å²) in [7, 11) is 1.92. The molecule has 3 saturated heterocycles. The van der Waals surface area contributed by atoms with E-state index in [1.54, 1.807) is 34.1 Å². The number of amides is 3. The molecule has 2 N–H and O–H groups in total. The number of H-pyrrole nitrogens is 1. The fourth-order valence-corrected chi connectivity index (χ4v) is 8.88. The van der Waals surface area contributed by atoms with Crippen LogP contribution in [0.1, 0.15) is 79.4 Å². The Bertz CT molecular complexity index is 1840. The highest BCUT2D eigenvalue weighted by Gasteiger charge is 2.35. The van der Waals surface area contributed by atoms with Crippen molar-refractivity contribution in [1.29, 1.82) is 0 Å². The van der Waals surface area contributed by atoms with Crippen LogP contribution < -0.4 is 10.9 Å². The number of nitrogens with one attached hydrogen (secondary N) is 2. The van der Waals surface area contributed by atoms with Crippen molar-refractivity contribution in [2.75, 3.05) is 66.0 Å². The van der Waals surface area contributed by atoms with Gasteiger partial charge in [-0.2, -0.15) is 5.10 Å². The normalized spacial score (nSPS) is 20.4. The molecule has 3 aliphatic heterocycles. The minimum atomic E-state index is -0.595. The molecule has 1 saturated carbocycles. The number of piperazine rings is 1. The van der Waals surface area contributed by atoms with Crippen LogP contribution in [0.4, 0.5) is 4.39 Å². The maximum Gasteiger partial charge on any atom is 0.272 e. The van der Waals surface area contributed by atoms with Crippen LogP contribution in [0.15, 0.2) is 47.3 Å². The zero-order chi connectivity index (χ0) is 37.6. The van der Waals surface area contributed by atoms with Gasteiger partial charge in [0, 0.05) is 64.2 Å². The zero-order valence-corrected chi connectivity index (χ0v) is 31.4. The zero-order valence-electron chi connectivity index (χ0n) is 31.4. The number of aromatic amines is 1. The van der Waals surface area contributed by atoms with Gasteiger partial charge in [0.05, 0.1) is 41.4 Å². The Kier molecular flexibility index (Phi) is 12.4. The van der Waals surface area contributed by atoms with Crippen LogP contribution in [0, 0.1) is 11.7 Å². The van der Waals surface area contributed by atoms with Crippen molar-refractivity contribution in [2.45, 2.75) is 82.5 Å². The highest BCUT2D eigenvalue weighted by Crippen LogP contribution is 2.29. The lowest BCUT2D eigenvalue weighted by Gasteiger charge is -2.39. The minimum absolute atomic E-state index is 0.0118. The lowest BCUT2D eigenvalue weighted by Crippen LogP contribution is -2.53. The number of aromatic nitrogens is 2. The third-order valence-corrected chi connectivity index (χ3v) is 12.1. The van der Waals surface area contributed by atoms with Gasteiger partial charge in [-0.05, 0) is 75.3 Å². The van der Waals surface area contributed by atoms with E-state index in [9.17, 15) is 23.6 Å². The van der Waals surface area contributed by atoms with Crippen LogP contribution in [0.2, 0.25) is 0 Å². The van der Waals surface area contributed by atoms with Gasteiger partial charge < -0.3 is 24.8 Å². The standard InChI is InChI=1S/C41H54FN7O5/c1-43-38(29-7-3-2-4-8-29)41(53)48-19-15-31(16-20-48)54-30-13-17-46(18-14-30)27-37(50)47-21-23-49(24-22-47)40(52)34-25-28(11-12-35(34)42)26-36-32-9-5-6-10-33(32)39(51)45-44-36/h5-6,9-12,25,29-31,38,43H,2-4,7-8,13-24,26-27H2,1H3,(H,45,51). The van der Waals surface area contributed by atoms with E-state index in [0.29, 0.717) is 67.1 Å². The van der Waals surface area contributed by atoms with Crippen LogP contribution in [0.5, 0.6) is 0 Å². The molecule has 3 amide bonds. The number of halogens is 1. The summed E-state index contributed by atoms with van der Waals surface area (Å²) < 4.78 is 21.5. The first kappa shape index (κ1) is 38.1. The molecule has 7 rings (SSSR count). The second-order valence-electron chi connectivity index (χ2n) is 15.5. The predicted molar refractivity (Wildman–Crippen MR) is 204 cm³/mol. The van der Waals surface area contributed by atoms with Crippen molar-refractivity contribution in [1.82, 2.24) is 35.1 Å². The van der Waals surface area contributed by atoms with Gasteiger partial charge in [0.25, 0.3) is 11.5 Å². The molecule has 0 bridgehead atoms. The maximum atomic E-state index is 15.0. The van der Waals surface area contributed by atoms with E-state index in [4.69, 9.17) is 4.74 Å². The van der Waals surface area contributed by atoms with Gasteiger partial charge in [-0.1, -0.05) is 43.5 Å². The number of likely N-dealkylation sites (N-methyl/N-ethyl adjacent to an activating group) is 1.